The van der Waals surface area contributed by atoms with E-state index in [4.69, 9.17) is 10.6 Å². The van der Waals surface area contributed by atoms with Crippen molar-refractivity contribution in [2.45, 2.75) is 19.9 Å². The van der Waals surface area contributed by atoms with Crippen LogP contribution in [0.2, 0.25) is 0 Å². The maximum Gasteiger partial charge on any atom is 0.338 e. The summed E-state index contributed by atoms with van der Waals surface area (Å²) < 4.78 is 5.07. The summed E-state index contributed by atoms with van der Waals surface area (Å²) in [4.78, 5) is 26.8. The van der Waals surface area contributed by atoms with Crippen molar-refractivity contribution in [3.8, 4) is 0 Å². The number of nitrogens with two attached hydrogens (primary N) is 1. The quantitative estimate of drug-likeness (QED) is 0.325. The fourth-order valence-electron chi connectivity index (χ4n) is 2.24. The molecule has 1 aliphatic heterocycles. The van der Waals surface area contributed by atoms with Crippen LogP contribution in [0.15, 0.2) is 40.5 Å². The Hall–Kier alpha value is -2.94. The molecule has 0 unspecified atom stereocenters. The molecule has 9 heteroatoms. The fourth-order valence-corrected chi connectivity index (χ4v) is 2.24. The number of non-ortho nitro benzene ring substituents is 1. The molecule has 1 aromatic carbocycles. The van der Waals surface area contributed by atoms with Gasteiger partial charge >= 0.3 is 5.97 Å². The first kappa shape index (κ1) is 16.4. The van der Waals surface area contributed by atoms with Crippen molar-refractivity contribution in [1.29, 1.82) is 0 Å². The van der Waals surface area contributed by atoms with Gasteiger partial charge in [0.15, 0.2) is 0 Å². The number of hydrazine groups is 1. The Bertz CT molecular complexity index is 681. The molecule has 4 N–H and O–H groups in total. The normalized spacial score (nSPS) is 17.2. The van der Waals surface area contributed by atoms with Crippen molar-refractivity contribution in [3.63, 3.8) is 0 Å². The van der Waals surface area contributed by atoms with Crippen molar-refractivity contribution in [1.82, 2.24) is 10.7 Å². The lowest BCUT2D eigenvalue weighted by molar-refractivity contribution is -0.384. The van der Waals surface area contributed by atoms with Crippen LogP contribution in [-0.2, 0) is 9.53 Å². The van der Waals surface area contributed by atoms with E-state index in [0.29, 0.717) is 22.8 Å². The second-order valence-corrected chi connectivity index (χ2v) is 4.76. The second-order valence-electron chi connectivity index (χ2n) is 4.76. The lowest BCUT2D eigenvalue weighted by atomic mass is 9.96. The molecular formula is C14H17N5O4. The number of hydrogen-bond donors (Lipinski definition) is 3. The molecule has 1 aromatic rings. The SMILES string of the molecule is CCOC(=O)C1=C(C)NC(NN)=N[C@@H]1c1ccc([N+](=O)[O-])cc1. The van der Waals surface area contributed by atoms with Crippen LogP contribution in [0.4, 0.5) is 5.69 Å². The average Bonchev–Trinajstić information content (AvgIpc) is 2.54. The monoisotopic (exact) mass is 319 g/mol. The lowest BCUT2D eigenvalue weighted by Gasteiger charge is -2.25. The number of aliphatic imine (C=N–C) groups is 1. The minimum Gasteiger partial charge on any atom is -0.463 e. The third-order valence-electron chi connectivity index (χ3n) is 3.29. The average molecular weight is 319 g/mol. The smallest absolute Gasteiger partial charge is 0.338 e. The van der Waals surface area contributed by atoms with Gasteiger partial charge in [-0.1, -0.05) is 0 Å². The first-order valence-corrected chi connectivity index (χ1v) is 6.91. The van der Waals surface area contributed by atoms with E-state index in [1.807, 2.05) is 0 Å². The Morgan fingerprint density at radius 3 is 2.65 bits per heavy atom. The molecule has 0 bridgehead atoms. The standard InChI is InChI=1S/C14H17N5O4/c1-3-23-13(20)11-8(2)16-14(18-15)17-12(11)9-4-6-10(7-5-9)19(21)22/h4-7,12H,3,15H2,1-2H3,(H2,16,17,18)/t12-/m1/s1. The van der Waals surface area contributed by atoms with Crippen LogP contribution in [-0.4, -0.2) is 23.5 Å². The number of carbonyl (C=O) groups is 1. The van der Waals surface area contributed by atoms with Gasteiger partial charge in [-0.05, 0) is 31.5 Å². The number of nitro benzene ring substituents is 1. The Morgan fingerprint density at radius 1 is 1.48 bits per heavy atom. The van der Waals surface area contributed by atoms with Gasteiger partial charge in [0.25, 0.3) is 5.69 Å². The number of nitrogens with one attached hydrogen (secondary N) is 2. The molecule has 0 fully saturated rings. The number of hydrogen-bond acceptors (Lipinski definition) is 8. The molecule has 122 valence electrons. The van der Waals surface area contributed by atoms with Gasteiger partial charge < -0.3 is 10.1 Å². The zero-order valence-electron chi connectivity index (χ0n) is 12.7. The molecule has 1 aliphatic rings. The van der Waals surface area contributed by atoms with Crippen LogP contribution < -0.4 is 16.6 Å². The summed E-state index contributed by atoms with van der Waals surface area (Å²) in [6.07, 6.45) is 0. The van der Waals surface area contributed by atoms with E-state index in [1.165, 1.54) is 12.1 Å². The van der Waals surface area contributed by atoms with Crippen LogP contribution in [0.5, 0.6) is 0 Å². The van der Waals surface area contributed by atoms with E-state index in [2.05, 4.69) is 15.7 Å². The van der Waals surface area contributed by atoms with E-state index in [1.54, 1.807) is 26.0 Å². The first-order valence-electron chi connectivity index (χ1n) is 6.91. The predicted octanol–water partition coefficient (Wildman–Crippen LogP) is 0.896. The molecule has 0 amide bonds. The summed E-state index contributed by atoms with van der Waals surface area (Å²) in [6, 6.07) is 5.17. The molecule has 2 rings (SSSR count). The van der Waals surface area contributed by atoms with E-state index < -0.39 is 16.9 Å². The van der Waals surface area contributed by atoms with Crippen LogP contribution in [0.3, 0.4) is 0 Å². The molecule has 1 heterocycles. The number of esters is 1. The zero-order valence-corrected chi connectivity index (χ0v) is 12.7. The van der Waals surface area contributed by atoms with E-state index in [9.17, 15) is 14.9 Å². The van der Waals surface area contributed by atoms with Crippen LogP contribution in [0.25, 0.3) is 0 Å². The summed E-state index contributed by atoms with van der Waals surface area (Å²) in [7, 11) is 0. The predicted molar refractivity (Wildman–Crippen MR) is 83.1 cm³/mol. The number of ether oxygens (including phenoxy) is 1. The third kappa shape index (κ3) is 3.46. The highest BCUT2D eigenvalue weighted by molar-refractivity contribution is 5.95. The molecule has 9 nitrogen and oxygen atoms in total. The minimum atomic E-state index is -0.665. The zero-order chi connectivity index (χ0) is 17.0. The highest BCUT2D eigenvalue weighted by Crippen LogP contribution is 2.32. The van der Waals surface area contributed by atoms with Crippen molar-refractivity contribution in [2.75, 3.05) is 6.61 Å². The van der Waals surface area contributed by atoms with Gasteiger partial charge in [0.05, 0.1) is 17.1 Å². The summed E-state index contributed by atoms with van der Waals surface area (Å²) in [5, 5.41) is 13.6. The third-order valence-corrected chi connectivity index (χ3v) is 3.29. The number of carbonyl (C=O) groups excluding carboxylic acids is 1. The molecular weight excluding hydrogens is 302 g/mol. The van der Waals surface area contributed by atoms with Crippen molar-refractivity contribution in [2.24, 2.45) is 10.8 Å². The van der Waals surface area contributed by atoms with Gasteiger partial charge in [0.1, 0.15) is 6.04 Å². The van der Waals surface area contributed by atoms with Gasteiger partial charge in [-0.25, -0.2) is 15.6 Å². The number of rotatable bonds is 4. The van der Waals surface area contributed by atoms with E-state index >= 15 is 0 Å². The van der Waals surface area contributed by atoms with Crippen molar-refractivity contribution in [3.05, 3.63) is 51.2 Å². The molecule has 23 heavy (non-hydrogen) atoms. The number of nitro groups is 1. The number of guanidine groups is 1. The van der Waals surface area contributed by atoms with Crippen LogP contribution in [0.1, 0.15) is 25.5 Å². The summed E-state index contributed by atoms with van der Waals surface area (Å²) in [5.41, 5.74) is 3.86. The van der Waals surface area contributed by atoms with E-state index in [0.717, 1.165) is 0 Å². The van der Waals surface area contributed by atoms with Gasteiger partial charge in [0.2, 0.25) is 5.96 Å². The summed E-state index contributed by atoms with van der Waals surface area (Å²) in [5.74, 6) is 5.17. The molecule has 0 saturated heterocycles. The Morgan fingerprint density at radius 2 is 2.13 bits per heavy atom. The fraction of sp³-hybridized carbons (Fsp3) is 0.286. The maximum atomic E-state index is 12.2. The summed E-state index contributed by atoms with van der Waals surface area (Å²) in [6.45, 7) is 3.64. The highest BCUT2D eigenvalue weighted by Gasteiger charge is 2.30. The van der Waals surface area contributed by atoms with Gasteiger partial charge in [-0.15, -0.1) is 0 Å². The van der Waals surface area contributed by atoms with E-state index in [-0.39, 0.29) is 12.3 Å². The number of allylic oxidation sites excluding steroid dienone is 1. The molecule has 1 atom stereocenters. The summed E-state index contributed by atoms with van der Waals surface area (Å²) >= 11 is 0. The van der Waals surface area contributed by atoms with Crippen molar-refractivity contribution >= 4 is 17.6 Å². The molecule has 0 spiro atoms. The van der Waals surface area contributed by atoms with Gasteiger partial charge in [0, 0.05) is 17.8 Å². The van der Waals surface area contributed by atoms with Crippen molar-refractivity contribution < 1.29 is 14.5 Å². The van der Waals surface area contributed by atoms with Gasteiger partial charge in [-0.2, -0.15) is 0 Å². The van der Waals surface area contributed by atoms with Crippen LogP contribution >= 0.6 is 0 Å². The molecule has 0 saturated carbocycles. The molecule has 0 aromatic heterocycles. The maximum absolute atomic E-state index is 12.2. The Balaban J connectivity index is 2.44. The topological polar surface area (TPSA) is 132 Å². The Labute approximate surface area is 132 Å². The first-order chi connectivity index (χ1) is 11.0. The molecule has 0 radical (unpaired) electrons. The number of benzene rings is 1. The largest absolute Gasteiger partial charge is 0.463 e. The number of nitrogens with zero attached hydrogens (tertiary/aromatic N) is 2. The second kappa shape index (κ2) is 6.88. The van der Waals surface area contributed by atoms with Crippen LogP contribution in [0, 0.1) is 10.1 Å². The van der Waals surface area contributed by atoms with Gasteiger partial charge in [-0.3, -0.25) is 15.5 Å². The highest BCUT2D eigenvalue weighted by atomic mass is 16.6. The lowest BCUT2D eigenvalue weighted by Crippen LogP contribution is -2.44. The molecule has 0 aliphatic carbocycles. The Kier molecular flexibility index (Phi) is 4.91. The minimum absolute atomic E-state index is 0.0396.